The second kappa shape index (κ2) is 3.96. The van der Waals surface area contributed by atoms with Gasteiger partial charge in [0.25, 0.3) is 0 Å². The normalized spacial score (nSPS) is 19.1. The largest absolute Gasteiger partial charge is 0.440 e. The first-order valence-corrected chi connectivity index (χ1v) is 5.86. The molecule has 1 fully saturated rings. The number of para-hydroxylation sites is 2. The fourth-order valence-electron chi connectivity index (χ4n) is 2.12. The average molecular weight is 230 g/mol. The van der Waals surface area contributed by atoms with Crippen molar-refractivity contribution >= 4 is 17.4 Å². The lowest BCUT2D eigenvalue weighted by Crippen LogP contribution is -2.31. The summed E-state index contributed by atoms with van der Waals surface area (Å²) in [5.74, 6) is 0.468. The van der Waals surface area contributed by atoms with Gasteiger partial charge in [-0.15, -0.1) is 0 Å². The summed E-state index contributed by atoms with van der Waals surface area (Å²) < 4.78 is 5.60. The second-order valence-corrected chi connectivity index (χ2v) is 4.60. The standard InChI is InChI=1S/C13H14N2O2/c14-12(8-5-6-8)9(7-16)13-15-10-3-1-2-4-11(10)17-13/h1-4,7-9,12H,5-6,14H2/t9?,12-/m0/s1. The Morgan fingerprint density at radius 3 is 2.82 bits per heavy atom. The van der Waals surface area contributed by atoms with E-state index in [1.165, 1.54) is 0 Å². The van der Waals surface area contributed by atoms with E-state index in [0.29, 0.717) is 17.4 Å². The van der Waals surface area contributed by atoms with Gasteiger partial charge in [-0.3, -0.25) is 0 Å². The molecule has 2 N–H and O–H groups in total. The van der Waals surface area contributed by atoms with E-state index in [-0.39, 0.29) is 6.04 Å². The molecule has 2 atom stereocenters. The van der Waals surface area contributed by atoms with Crippen molar-refractivity contribution in [3.63, 3.8) is 0 Å². The lowest BCUT2D eigenvalue weighted by Gasteiger charge is -2.14. The maximum atomic E-state index is 11.2. The number of nitrogens with zero attached hydrogens (tertiary/aromatic N) is 1. The summed E-state index contributed by atoms with van der Waals surface area (Å²) in [5.41, 5.74) is 7.54. The van der Waals surface area contributed by atoms with Crippen molar-refractivity contribution in [3.8, 4) is 0 Å². The maximum Gasteiger partial charge on any atom is 0.207 e. The number of hydrogen-bond acceptors (Lipinski definition) is 4. The minimum absolute atomic E-state index is 0.166. The van der Waals surface area contributed by atoms with Gasteiger partial charge in [0.2, 0.25) is 5.89 Å². The molecule has 0 saturated heterocycles. The summed E-state index contributed by atoms with van der Waals surface area (Å²) in [6.45, 7) is 0. The Labute approximate surface area is 98.8 Å². The van der Waals surface area contributed by atoms with Crippen LogP contribution in [-0.2, 0) is 4.79 Å². The van der Waals surface area contributed by atoms with Crippen LogP contribution in [0, 0.1) is 5.92 Å². The molecule has 17 heavy (non-hydrogen) atoms. The van der Waals surface area contributed by atoms with Gasteiger partial charge in [-0.25, -0.2) is 4.98 Å². The van der Waals surface area contributed by atoms with Crippen molar-refractivity contribution in [3.05, 3.63) is 30.2 Å². The highest BCUT2D eigenvalue weighted by atomic mass is 16.3. The van der Waals surface area contributed by atoms with Gasteiger partial charge in [0, 0.05) is 6.04 Å². The quantitative estimate of drug-likeness (QED) is 0.814. The summed E-state index contributed by atoms with van der Waals surface area (Å²) in [6, 6.07) is 7.32. The first-order valence-electron chi connectivity index (χ1n) is 5.86. The molecule has 2 aromatic rings. The number of aldehydes is 1. The van der Waals surface area contributed by atoms with Crippen LogP contribution in [-0.4, -0.2) is 17.3 Å². The van der Waals surface area contributed by atoms with Crippen molar-refractivity contribution in [2.75, 3.05) is 0 Å². The van der Waals surface area contributed by atoms with Crippen molar-refractivity contribution in [2.24, 2.45) is 11.7 Å². The van der Waals surface area contributed by atoms with E-state index in [0.717, 1.165) is 24.6 Å². The minimum Gasteiger partial charge on any atom is -0.440 e. The second-order valence-electron chi connectivity index (χ2n) is 4.60. The van der Waals surface area contributed by atoms with E-state index >= 15 is 0 Å². The van der Waals surface area contributed by atoms with Crippen LogP contribution in [0.5, 0.6) is 0 Å². The molecular weight excluding hydrogens is 216 g/mol. The molecule has 1 saturated carbocycles. The lowest BCUT2D eigenvalue weighted by atomic mass is 9.98. The molecule has 1 heterocycles. The average Bonchev–Trinajstić information content (AvgIpc) is 3.10. The van der Waals surface area contributed by atoms with Gasteiger partial charge in [-0.05, 0) is 30.9 Å². The van der Waals surface area contributed by atoms with Gasteiger partial charge < -0.3 is 14.9 Å². The number of carbonyl (C=O) groups excluding carboxylic acids is 1. The van der Waals surface area contributed by atoms with Crippen molar-refractivity contribution in [1.29, 1.82) is 0 Å². The summed E-state index contributed by atoms with van der Waals surface area (Å²) in [7, 11) is 0. The Balaban J connectivity index is 1.97. The molecule has 1 aromatic carbocycles. The molecule has 1 aromatic heterocycles. The molecule has 0 amide bonds. The van der Waals surface area contributed by atoms with Crippen LogP contribution >= 0.6 is 0 Å². The van der Waals surface area contributed by atoms with Gasteiger partial charge in [0.05, 0.1) is 0 Å². The molecule has 0 radical (unpaired) electrons. The SMILES string of the molecule is N[C@@H](C1CC1)C(C=O)c1nc2ccccc2o1. The predicted molar refractivity (Wildman–Crippen MR) is 63.5 cm³/mol. The number of fused-ring (bicyclic) bond motifs is 1. The molecule has 4 nitrogen and oxygen atoms in total. The highest BCUT2D eigenvalue weighted by molar-refractivity contribution is 5.73. The van der Waals surface area contributed by atoms with Crippen LogP contribution in [0.25, 0.3) is 11.1 Å². The lowest BCUT2D eigenvalue weighted by molar-refractivity contribution is -0.110. The number of benzene rings is 1. The molecule has 0 bridgehead atoms. The monoisotopic (exact) mass is 230 g/mol. The van der Waals surface area contributed by atoms with Crippen LogP contribution in [0.1, 0.15) is 24.7 Å². The molecule has 1 unspecified atom stereocenters. The zero-order valence-corrected chi connectivity index (χ0v) is 9.37. The first kappa shape index (κ1) is 10.5. The molecule has 1 aliphatic rings. The van der Waals surface area contributed by atoms with Crippen molar-refractivity contribution in [1.82, 2.24) is 4.98 Å². The van der Waals surface area contributed by atoms with Crippen LogP contribution in [0.4, 0.5) is 0 Å². The number of oxazole rings is 1. The van der Waals surface area contributed by atoms with Crippen molar-refractivity contribution in [2.45, 2.75) is 24.8 Å². The van der Waals surface area contributed by atoms with Crippen LogP contribution < -0.4 is 5.73 Å². The Kier molecular flexibility index (Phi) is 2.44. The highest BCUT2D eigenvalue weighted by Gasteiger charge is 2.36. The summed E-state index contributed by atoms with van der Waals surface area (Å²) >= 11 is 0. The van der Waals surface area contributed by atoms with E-state index < -0.39 is 5.92 Å². The zero-order chi connectivity index (χ0) is 11.8. The molecule has 88 valence electrons. The highest BCUT2D eigenvalue weighted by Crippen LogP contribution is 2.37. The van der Waals surface area contributed by atoms with Crippen LogP contribution in [0.3, 0.4) is 0 Å². The third-order valence-corrected chi connectivity index (χ3v) is 3.32. The van der Waals surface area contributed by atoms with E-state index in [1.807, 2.05) is 24.3 Å². The topological polar surface area (TPSA) is 69.1 Å². The van der Waals surface area contributed by atoms with E-state index in [9.17, 15) is 4.79 Å². The van der Waals surface area contributed by atoms with Gasteiger partial charge in [0.1, 0.15) is 17.7 Å². The Hall–Kier alpha value is -1.68. The van der Waals surface area contributed by atoms with Gasteiger partial charge in [-0.1, -0.05) is 12.1 Å². The van der Waals surface area contributed by atoms with E-state index in [4.69, 9.17) is 10.2 Å². The minimum atomic E-state index is -0.421. The molecule has 0 aliphatic heterocycles. The number of nitrogens with two attached hydrogens (primary N) is 1. The first-order chi connectivity index (χ1) is 8.29. The smallest absolute Gasteiger partial charge is 0.207 e. The fraction of sp³-hybridized carbons (Fsp3) is 0.385. The van der Waals surface area contributed by atoms with Gasteiger partial charge >= 0.3 is 0 Å². The third-order valence-electron chi connectivity index (χ3n) is 3.32. The molecule has 1 aliphatic carbocycles. The Morgan fingerprint density at radius 1 is 1.41 bits per heavy atom. The van der Waals surface area contributed by atoms with Crippen LogP contribution in [0.2, 0.25) is 0 Å². The zero-order valence-electron chi connectivity index (χ0n) is 9.37. The fourth-order valence-corrected chi connectivity index (χ4v) is 2.12. The van der Waals surface area contributed by atoms with E-state index in [1.54, 1.807) is 0 Å². The predicted octanol–water partition coefficient (Wildman–Crippen LogP) is 1.85. The van der Waals surface area contributed by atoms with Gasteiger partial charge in [-0.2, -0.15) is 0 Å². The Bertz CT molecular complexity index is 512. The summed E-state index contributed by atoms with van der Waals surface area (Å²) in [4.78, 5) is 15.5. The Morgan fingerprint density at radius 2 is 2.18 bits per heavy atom. The van der Waals surface area contributed by atoms with Crippen molar-refractivity contribution < 1.29 is 9.21 Å². The molecule has 3 rings (SSSR count). The number of carbonyl (C=O) groups is 1. The summed E-state index contributed by atoms with van der Waals surface area (Å²) in [5, 5.41) is 0. The van der Waals surface area contributed by atoms with Crippen LogP contribution in [0.15, 0.2) is 28.7 Å². The number of rotatable bonds is 4. The third kappa shape index (κ3) is 1.85. The molecule has 0 spiro atoms. The van der Waals surface area contributed by atoms with E-state index in [2.05, 4.69) is 4.98 Å². The van der Waals surface area contributed by atoms with Gasteiger partial charge in [0.15, 0.2) is 5.58 Å². The molecule has 4 heteroatoms. The molecular formula is C13H14N2O2. The number of hydrogen-bond donors (Lipinski definition) is 1. The summed E-state index contributed by atoms with van der Waals surface area (Å²) in [6.07, 6.45) is 3.06. The maximum absolute atomic E-state index is 11.2. The number of aromatic nitrogens is 1.